The van der Waals surface area contributed by atoms with E-state index in [1.54, 1.807) is 26.4 Å². The summed E-state index contributed by atoms with van der Waals surface area (Å²) in [7, 11) is 4.84. The summed E-state index contributed by atoms with van der Waals surface area (Å²) in [5, 5.41) is 1.79. The lowest BCUT2D eigenvalue weighted by Gasteiger charge is -2.36. The number of fused-ring (bicyclic) bond motifs is 1. The highest BCUT2D eigenvalue weighted by molar-refractivity contribution is 5.64. The largest absolute Gasteiger partial charge is 0.493 e. The number of rotatable bonds is 5. The van der Waals surface area contributed by atoms with Gasteiger partial charge in [-0.2, -0.15) is 0 Å². The summed E-state index contributed by atoms with van der Waals surface area (Å²) >= 11 is 0. The van der Waals surface area contributed by atoms with Crippen LogP contribution < -0.4 is 14.5 Å². The maximum Gasteiger partial charge on any atom is 0.162 e. The third-order valence-corrected chi connectivity index (χ3v) is 3.47. The number of methoxy groups -OCH3 is 2. The van der Waals surface area contributed by atoms with Crippen molar-refractivity contribution in [1.82, 2.24) is 0 Å². The zero-order valence-corrected chi connectivity index (χ0v) is 11.5. The minimum absolute atomic E-state index is 0.0769. The minimum Gasteiger partial charge on any atom is -0.493 e. The molecule has 1 unspecified atom stereocenters. The minimum atomic E-state index is 0.0769. The predicted octanol–water partition coefficient (Wildman–Crippen LogP) is 1.98. The van der Waals surface area contributed by atoms with E-state index in [-0.39, 0.29) is 6.04 Å². The summed E-state index contributed by atoms with van der Waals surface area (Å²) < 4.78 is 10.6. The molecule has 0 N–H and O–H groups in total. The SMILES string of the molecule is COc1cc2c(cc1OC)N(OC)C(CC=O)CC2. The molecule has 0 saturated carbocycles. The van der Waals surface area contributed by atoms with Gasteiger partial charge in [0.05, 0.1) is 33.1 Å². The lowest BCUT2D eigenvalue weighted by atomic mass is 9.95. The first-order valence-electron chi connectivity index (χ1n) is 6.27. The van der Waals surface area contributed by atoms with E-state index in [4.69, 9.17) is 14.3 Å². The van der Waals surface area contributed by atoms with Crippen LogP contribution >= 0.6 is 0 Å². The van der Waals surface area contributed by atoms with Gasteiger partial charge in [-0.05, 0) is 24.5 Å². The van der Waals surface area contributed by atoms with Crippen molar-refractivity contribution in [2.24, 2.45) is 0 Å². The molecule has 2 rings (SSSR count). The fourth-order valence-electron chi connectivity index (χ4n) is 2.52. The fraction of sp³-hybridized carbons (Fsp3) is 0.500. The van der Waals surface area contributed by atoms with Gasteiger partial charge in [-0.15, -0.1) is 0 Å². The van der Waals surface area contributed by atoms with Crippen molar-refractivity contribution in [3.8, 4) is 11.5 Å². The molecular formula is C14H19NO4. The van der Waals surface area contributed by atoms with Crippen molar-refractivity contribution in [1.29, 1.82) is 0 Å². The molecule has 0 bridgehead atoms. The maximum atomic E-state index is 10.7. The smallest absolute Gasteiger partial charge is 0.162 e. The maximum absolute atomic E-state index is 10.7. The molecular weight excluding hydrogens is 246 g/mol. The molecule has 1 aliphatic heterocycles. The zero-order valence-electron chi connectivity index (χ0n) is 11.5. The average molecular weight is 265 g/mol. The van der Waals surface area contributed by atoms with E-state index in [1.165, 1.54) is 0 Å². The Morgan fingerprint density at radius 2 is 1.95 bits per heavy atom. The van der Waals surface area contributed by atoms with Crippen molar-refractivity contribution >= 4 is 12.0 Å². The van der Waals surface area contributed by atoms with Crippen LogP contribution in [0.25, 0.3) is 0 Å². The molecule has 19 heavy (non-hydrogen) atoms. The molecule has 0 amide bonds. The van der Waals surface area contributed by atoms with Gasteiger partial charge >= 0.3 is 0 Å². The summed E-state index contributed by atoms with van der Waals surface area (Å²) in [4.78, 5) is 16.2. The third-order valence-electron chi connectivity index (χ3n) is 3.47. The Kier molecular flexibility index (Phi) is 4.27. The summed E-state index contributed by atoms with van der Waals surface area (Å²) in [6.45, 7) is 0. The third kappa shape index (κ3) is 2.51. The summed E-state index contributed by atoms with van der Waals surface area (Å²) in [5.74, 6) is 1.38. The molecule has 0 radical (unpaired) electrons. The van der Waals surface area contributed by atoms with Crippen molar-refractivity contribution in [3.63, 3.8) is 0 Å². The lowest BCUT2D eigenvalue weighted by molar-refractivity contribution is -0.108. The molecule has 0 aromatic heterocycles. The number of anilines is 1. The molecule has 5 nitrogen and oxygen atoms in total. The van der Waals surface area contributed by atoms with E-state index < -0.39 is 0 Å². The number of benzene rings is 1. The highest BCUT2D eigenvalue weighted by Gasteiger charge is 2.28. The van der Waals surface area contributed by atoms with E-state index in [2.05, 4.69) is 0 Å². The van der Waals surface area contributed by atoms with E-state index in [9.17, 15) is 4.79 Å². The van der Waals surface area contributed by atoms with E-state index in [0.29, 0.717) is 17.9 Å². The number of hydroxylamine groups is 1. The summed E-state index contributed by atoms with van der Waals surface area (Å²) in [6.07, 6.45) is 3.17. The Labute approximate surface area is 113 Å². The number of hydrogen-bond acceptors (Lipinski definition) is 5. The molecule has 1 aromatic rings. The average Bonchev–Trinajstić information content (AvgIpc) is 2.45. The Morgan fingerprint density at radius 3 is 2.53 bits per heavy atom. The number of ether oxygens (including phenoxy) is 2. The van der Waals surface area contributed by atoms with Gasteiger partial charge in [0.15, 0.2) is 11.5 Å². The Hall–Kier alpha value is -1.75. The van der Waals surface area contributed by atoms with E-state index in [1.807, 2.05) is 12.1 Å². The first-order valence-corrected chi connectivity index (χ1v) is 6.27. The first kappa shape index (κ1) is 13.7. The van der Waals surface area contributed by atoms with Gasteiger partial charge in [0.25, 0.3) is 0 Å². The Balaban J connectivity index is 2.42. The Morgan fingerprint density at radius 1 is 1.26 bits per heavy atom. The number of carbonyl (C=O) groups excluding carboxylic acids is 1. The van der Waals surface area contributed by atoms with Gasteiger partial charge in [0, 0.05) is 12.5 Å². The van der Waals surface area contributed by atoms with Crippen LogP contribution in [0.3, 0.4) is 0 Å². The van der Waals surface area contributed by atoms with Crippen LogP contribution in [0.5, 0.6) is 11.5 Å². The topological polar surface area (TPSA) is 48.0 Å². The highest BCUT2D eigenvalue weighted by atomic mass is 16.7. The van der Waals surface area contributed by atoms with Crippen LogP contribution in [-0.4, -0.2) is 33.7 Å². The quantitative estimate of drug-likeness (QED) is 0.762. The lowest BCUT2D eigenvalue weighted by Crippen LogP contribution is -2.38. The molecule has 0 aliphatic carbocycles. The van der Waals surface area contributed by atoms with Crippen LogP contribution in [0.1, 0.15) is 18.4 Å². The number of aldehydes is 1. The first-order chi connectivity index (χ1) is 9.24. The molecule has 104 valence electrons. The van der Waals surface area contributed by atoms with Gasteiger partial charge in [0.1, 0.15) is 6.29 Å². The molecule has 0 saturated heterocycles. The molecule has 0 spiro atoms. The van der Waals surface area contributed by atoms with Crippen LogP contribution in [-0.2, 0) is 16.1 Å². The van der Waals surface area contributed by atoms with Crippen molar-refractivity contribution < 1.29 is 19.1 Å². The Bertz CT molecular complexity index is 461. The van der Waals surface area contributed by atoms with E-state index >= 15 is 0 Å². The highest BCUT2D eigenvalue weighted by Crippen LogP contribution is 2.39. The molecule has 1 aromatic carbocycles. The van der Waals surface area contributed by atoms with Crippen molar-refractivity contribution in [2.75, 3.05) is 26.4 Å². The molecule has 1 aliphatic rings. The monoisotopic (exact) mass is 265 g/mol. The second-order valence-electron chi connectivity index (χ2n) is 4.44. The summed E-state index contributed by atoms with van der Waals surface area (Å²) in [6, 6.07) is 3.94. The molecule has 1 heterocycles. The standard InChI is InChI=1S/C14H19NO4/c1-17-13-8-10-4-5-11(6-7-16)15(19-3)12(10)9-14(13)18-2/h7-9,11H,4-6H2,1-3H3. The second kappa shape index (κ2) is 5.93. The molecule has 0 fully saturated rings. The van der Waals surface area contributed by atoms with E-state index in [0.717, 1.165) is 30.4 Å². The van der Waals surface area contributed by atoms with Gasteiger partial charge in [-0.25, -0.2) is 0 Å². The number of aryl methyl sites for hydroxylation is 1. The van der Waals surface area contributed by atoms with Gasteiger partial charge < -0.3 is 14.3 Å². The van der Waals surface area contributed by atoms with Crippen LogP contribution in [0.4, 0.5) is 5.69 Å². The normalized spacial score (nSPS) is 17.8. The zero-order chi connectivity index (χ0) is 13.8. The van der Waals surface area contributed by atoms with Crippen molar-refractivity contribution in [2.45, 2.75) is 25.3 Å². The van der Waals surface area contributed by atoms with Gasteiger partial charge in [0.2, 0.25) is 0 Å². The fourth-order valence-corrected chi connectivity index (χ4v) is 2.52. The van der Waals surface area contributed by atoms with Crippen LogP contribution in [0.15, 0.2) is 12.1 Å². The number of carbonyl (C=O) groups is 1. The second-order valence-corrected chi connectivity index (χ2v) is 4.44. The van der Waals surface area contributed by atoms with Gasteiger partial charge in [-0.1, -0.05) is 0 Å². The predicted molar refractivity (Wildman–Crippen MR) is 71.8 cm³/mol. The molecule has 5 heteroatoms. The summed E-state index contributed by atoms with van der Waals surface area (Å²) in [5.41, 5.74) is 2.08. The van der Waals surface area contributed by atoms with Crippen LogP contribution in [0.2, 0.25) is 0 Å². The number of nitrogens with zero attached hydrogens (tertiary/aromatic N) is 1. The number of hydrogen-bond donors (Lipinski definition) is 0. The molecule has 1 atom stereocenters. The van der Waals surface area contributed by atoms with Crippen LogP contribution in [0, 0.1) is 0 Å². The van der Waals surface area contributed by atoms with Crippen molar-refractivity contribution in [3.05, 3.63) is 17.7 Å². The van der Waals surface area contributed by atoms with Gasteiger partial charge in [-0.3, -0.25) is 9.90 Å².